The van der Waals surface area contributed by atoms with E-state index >= 15 is 0 Å². The highest BCUT2D eigenvalue weighted by Crippen LogP contribution is 2.21. The van der Waals surface area contributed by atoms with Gasteiger partial charge in [-0.2, -0.15) is 0 Å². The molecule has 6 nitrogen and oxygen atoms in total. The van der Waals surface area contributed by atoms with E-state index in [1.807, 2.05) is 0 Å². The molecule has 0 fully saturated rings. The van der Waals surface area contributed by atoms with Gasteiger partial charge in [0.25, 0.3) is 5.91 Å². The Kier molecular flexibility index (Phi) is 4.44. The molecule has 0 aliphatic rings. The molecule has 0 unspecified atom stereocenters. The second-order valence-electron chi connectivity index (χ2n) is 4.26. The maximum atomic E-state index is 12.1. The van der Waals surface area contributed by atoms with E-state index < -0.39 is 6.03 Å². The van der Waals surface area contributed by atoms with Gasteiger partial charge < -0.3 is 22.1 Å². The molecular formula is C14H13BrN4O2. The summed E-state index contributed by atoms with van der Waals surface area (Å²) in [4.78, 5) is 22.8. The van der Waals surface area contributed by atoms with E-state index in [1.54, 1.807) is 42.5 Å². The van der Waals surface area contributed by atoms with Crippen LogP contribution < -0.4 is 22.1 Å². The Hall–Kier alpha value is -2.54. The number of amides is 3. The number of rotatable bonds is 3. The number of anilines is 3. The van der Waals surface area contributed by atoms with Crippen LogP contribution in [0, 0.1) is 0 Å². The maximum Gasteiger partial charge on any atom is 0.316 e. The van der Waals surface area contributed by atoms with E-state index in [-0.39, 0.29) is 5.91 Å². The van der Waals surface area contributed by atoms with Gasteiger partial charge in [-0.3, -0.25) is 4.79 Å². The minimum Gasteiger partial charge on any atom is -0.398 e. The Labute approximate surface area is 129 Å². The molecule has 0 saturated heterocycles. The molecule has 0 atom stereocenters. The molecule has 21 heavy (non-hydrogen) atoms. The third kappa shape index (κ3) is 3.96. The van der Waals surface area contributed by atoms with E-state index in [9.17, 15) is 9.59 Å². The van der Waals surface area contributed by atoms with Crippen LogP contribution in [0.15, 0.2) is 46.9 Å². The van der Waals surface area contributed by atoms with Crippen LogP contribution in [0.1, 0.15) is 10.4 Å². The van der Waals surface area contributed by atoms with E-state index in [2.05, 4.69) is 26.6 Å². The van der Waals surface area contributed by atoms with Crippen molar-refractivity contribution >= 4 is 44.9 Å². The van der Waals surface area contributed by atoms with Gasteiger partial charge in [0.15, 0.2) is 0 Å². The predicted octanol–water partition coefficient (Wildman–Crippen LogP) is 2.77. The summed E-state index contributed by atoms with van der Waals surface area (Å²) >= 11 is 3.28. The molecule has 0 aliphatic heterocycles. The topological polar surface area (TPSA) is 110 Å². The molecule has 0 bridgehead atoms. The Morgan fingerprint density at radius 3 is 2.05 bits per heavy atom. The highest BCUT2D eigenvalue weighted by atomic mass is 79.9. The smallest absolute Gasteiger partial charge is 0.316 e. The van der Waals surface area contributed by atoms with E-state index in [4.69, 9.17) is 11.5 Å². The highest BCUT2D eigenvalue weighted by Gasteiger charge is 2.08. The van der Waals surface area contributed by atoms with Crippen LogP contribution in [0.4, 0.5) is 21.9 Å². The highest BCUT2D eigenvalue weighted by molar-refractivity contribution is 9.10. The van der Waals surface area contributed by atoms with Crippen LogP contribution in [0.5, 0.6) is 0 Å². The van der Waals surface area contributed by atoms with E-state index in [0.717, 1.165) is 0 Å². The number of carbonyl (C=O) groups is 2. The van der Waals surface area contributed by atoms with E-state index in [0.29, 0.717) is 27.1 Å². The number of nitrogen functional groups attached to an aromatic ring is 1. The van der Waals surface area contributed by atoms with Crippen molar-refractivity contribution in [1.29, 1.82) is 0 Å². The maximum absolute atomic E-state index is 12.1. The SMILES string of the molecule is NC(=O)Nc1ccc(NC(=O)c2ccc(N)c(Br)c2)cc1. The molecular weight excluding hydrogens is 336 g/mol. The molecule has 2 rings (SSSR count). The molecule has 0 aliphatic carbocycles. The van der Waals surface area contributed by atoms with Crippen molar-refractivity contribution in [1.82, 2.24) is 0 Å². The zero-order valence-corrected chi connectivity index (χ0v) is 12.5. The Bertz CT molecular complexity index is 686. The Morgan fingerprint density at radius 2 is 1.52 bits per heavy atom. The van der Waals surface area contributed by atoms with Crippen molar-refractivity contribution in [2.24, 2.45) is 5.73 Å². The number of nitrogens with two attached hydrogens (primary N) is 2. The second kappa shape index (κ2) is 6.27. The lowest BCUT2D eigenvalue weighted by atomic mass is 10.2. The van der Waals surface area contributed by atoms with Crippen molar-refractivity contribution in [3.8, 4) is 0 Å². The number of hydrogen-bond donors (Lipinski definition) is 4. The minimum absolute atomic E-state index is 0.258. The standard InChI is InChI=1S/C14H13BrN4O2/c15-11-7-8(1-6-12(11)16)13(20)18-9-2-4-10(5-3-9)19-14(17)21/h1-7H,16H2,(H,18,20)(H3,17,19,21). The number of nitrogens with one attached hydrogen (secondary N) is 2. The predicted molar refractivity (Wildman–Crippen MR) is 86.2 cm³/mol. The lowest BCUT2D eigenvalue weighted by Gasteiger charge is -2.08. The number of benzene rings is 2. The molecule has 0 radical (unpaired) electrons. The zero-order chi connectivity index (χ0) is 15.4. The Balaban J connectivity index is 2.08. The summed E-state index contributed by atoms with van der Waals surface area (Å²) in [5.41, 5.74) is 12.9. The summed E-state index contributed by atoms with van der Waals surface area (Å²) < 4.78 is 0.663. The van der Waals surface area contributed by atoms with Gasteiger partial charge in [-0.25, -0.2) is 4.79 Å². The van der Waals surface area contributed by atoms with Crippen LogP contribution in [0.2, 0.25) is 0 Å². The quantitative estimate of drug-likeness (QED) is 0.640. The van der Waals surface area contributed by atoms with Crippen molar-refractivity contribution in [3.63, 3.8) is 0 Å². The summed E-state index contributed by atoms with van der Waals surface area (Å²) in [6.07, 6.45) is 0. The van der Waals surface area contributed by atoms with Gasteiger partial charge in [0, 0.05) is 27.1 Å². The first-order chi connectivity index (χ1) is 9.95. The fraction of sp³-hybridized carbons (Fsp3) is 0. The molecule has 6 N–H and O–H groups in total. The zero-order valence-electron chi connectivity index (χ0n) is 10.9. The van der Waals surface area contributed by atoms with Gasteiger partial charge >= 0.3 is 6.03 Å². The lowest BCUT2D eigenvalue weighted by molar-refractivity contribution is 0.102. The fourth-order valence-corrected chi connectivity index (χ4v) is 2.03. The largest absolute Gasteiger partial charge is 0.398 e. The van der Waals surface area contributed by atoms with Crippen molar-refractivity contribution < 1.29 is 9.59 Å². The third-order valence-electron chi connectivity index (χ3n) is 2.67. The summed E-state index contributed by atoms with van der Waals surface area (Å²) in [6.45, 7) is 0. The fourth-order valence-electron chi connectivity index (χ4n) is 1.65. The van der Waals surface area contributed by atoms with Crippen molar-refractivity contribution in [3.05, 3.63) is 52.5 Å². The average molecular weight is 349 g/mol. The van der Waals surface area contributed by atoms with Crippen LogP contribution in [0.25, 0.3) is 0 Å². The van der Waals surface area contributed by atoms with Crippen LogP contribution in [-0.2, 0) is 0 Å². The summed E-state index contributed by atoms with van der Waals surface area (Å²) in [5, 5.41) is 5.18. The minimum atomic E-state index is -0.640. The molecule has 2 aromatic carbocycles. The number of primary amides is 1. The average Bonchev–Trinajstić information content (AvgIpc) is 2.43. The molecule has 2 aromatic rings. The first-order valence-electron chi connectivity index (χ1n) is 5.98. The van der Waals surface area contributed by atoms with Gasteiger partial charge in [-0.15, -0.1) is 0 Å². The van der Waals surface area contributed by atoms with Crippen LogP contribution >= 0.6 is 15.9 Å². The van der Waals surface area contributed by atoms with Gasteiger partial charge in [-0.1, -0.05) is 0 Å². The number of hydrogen-bond acceptors (Lipinski definition) is 3. The normalized spacial score (nSPS) is 9.95. The number of urea groups is 1. The lowest BCUT2D eigenvalue weighted by Crippen LogP contribution is -2.19. The Morgan fingerprint density at radius 1 is 0.952 bits per heavy atom. The third-order valence-corrected chi connectivity index (χ3v) is 3.36. The molecule has 0 saturated carbocycles. The van der Waals surface area contributed by atoms with Gasteiger partial charge in [0.05, 0.1) is 0 Å². The first kappa shape index (κ1) is 14.9. The van der Waals surface area contributed by atoms with Crippen molar-refractivity contribution in [2.75, 3.05) is 16.4 Å². The number of halogens is 1. The second-order valence-corrected chi connectivity index (χ2v) is 5.11. The van der Waals surface area contributed by atoms with Gasteiger partial charge in [0.1, 0.15) is 0 Å². The molecule has 0 aromatic heterocycles. The van der Waals surface area contributed by atoms with E-state index in [1.165, 1.54) is 0 Å². The molecule has 0 heterocycles. The summed E-state index contributed by atoms with van der Waals surface area (Å²) in [5.74, 6) is -0.258. The molecule has 7 heteroatoms. The molecule has 3 amide bonds. The first-order valence-corrected chi connectivity index (χ1v) is 6.78. The molecule has 0 spiro atoms. The van der Waals surface area contributed by atoms with Crippen LogP contribution in [0.3, 0.4) is 0 Å². The van der Waals surface area contributed by atoms with Gasteiger partial charge in [-0.05, 0) is 58.4 Å². The van der Waals surface area contributed by atoms with Crippen molar-refractivity contribution in [2.45, 2.75) is 0 Å². The summed E-state index contributed by atoms with van der Waals surface area (Å²) in [7, 11) is 0. The monoisotopic (exact) mass is 348 g/mol. The van der Waals surface area contributed by atoms with Crippen LogP contribution in [-0.4, -0.2) is 11.9 Å². The molecule has 108 valence electrons. The summed E-state index contributed by atoms with van der Waals surface area (Å²) in [6, 6.07) is 10.9. The number of carbonyl (C=O) groups excluding carboxylic acids is 2. The van der Waals surface area contributed by atoms with Gasteiger partial charge in [0.2, 0.25) is 0 Å².